The maximum absolute atomic E-state index is 12.8. The molecule has 2 amide bonds. The molecule has 3 heterocycles. The average molecular weight is 381 g/mol. The summed E-state index contributed by atoms with van der Waals surface area (Å²) >= 11 is 1.26. The van der Waals surface area contributed by atoms with Gasteiger partial charge in [0.1, 0.15) is 4.88 Å². The van der Waals surface area contributed by atoms with Crippen molar-refractivity contribution in [2.24, 2.45) is 0 Å². The molecule has 0 bridgehead atoms. The van der Waals surface area contributed by atoms with Gasteiger partial charge in [0.15, 0.2) is 10.8 Å². The highest BCUT2D eigenvalue weighted by Crippen LogP contribution is 2.34. The molecule has 1 aliphatic heterocycles. The van der Waals surface area contributed by atoms with Crippen molar-refractivity contribution < 1.29 is 14.0 Å². The number of nitrogens with one attached hydrogen (secondary N) is 1. The Hall–Kier alpha value is -2.93. The Kier molecular flexibility index (Phi) is 5.02. The van der Waals surface area contributed by atoms with Crippen LogP contribution in [-0.2, 0) is 4.79 Å². The summed E-state index contributed by atoms with van der Waals surface area (Å²) in [6, 6.07) is 13.1. The van der Waals surface area contributed by atoms with Crippen LogP contribution in [0.4, 0.5) is 0 Å². The average Bonchev–Trinajstić information content (AvgIpc) is 3.47. The van der Waals surface area contributed by atoms with Crippen LogP contribution in [0.5, 0.6) is 0 Å². The second-order valence-corrected chi connectivity index (χ2v) is 7.31. The van der Waals surface area contributed by atoms with Crippen LogP contribution in [0.3, 0.4) is 0 Å². The number of carbonyl (C=O) groups excluding carboxylic acids is 2. The van der Waals surface area contributed by atoms with Crippen LogP contribution < -0.4 is 5.32 Å². The van der Waals surface area contributed by atoms with E-state index in [2.05, 4.69) is 10.3 Å². The predicted octanol–water partition coefficient (Wildman–Crippen LogP) is 3.42. The molecule has 3 aromatic rings. The molecule has 7 heteroatoms. The van der Waals surface area contributed by atoms with Gasteiger partial charge in [-0.1, -0.05) is 30.3 Å². The summed E-state index contributed by atoms with van der Waals surface area (Å²) in [5, 5.41) is 3.39. The van der Waals surface area contributed by atoms with Crippen LogP contribution in [-0.4, -0.2) is 41.3 Å². The quantitative estimate of drug-likeness (QED) is 0.735. The number of carbonyl (C=O) groups is 2. The fourth-order valence-electron chi connectivity index (χ4n) is 3.09. The second-order valence-electron chi connectivity index (χ2n) is 6.31. The number of nitrogens with zero attached hydrogens (tertiary/aromatic N) is 2. The molecule has 0 atom stereocenters. The van der Waals surface area contributed by atoms with Crippen molar-refractivity contribution in [3.05, 3.63) is 53.6 Å². The lowest BCUT2D eigenvalue weighted by Gasteiger charge is -2.15. The van der Waals surface area contributed by atoms with Gasteiger partial charge in [0.05, 0.1) is 18.5 Å². The van der Waals surface area contributed by atoms with E-state index in [0.29, 0.717) is 21.3 Å². The molecule has 1 fully saturated rings. The summed E-state index contributed by atoms with van der Waals surface area (Å²) in [5.41, 5.74) is 1.45. The Balaban J connectivity index is 1.58. The smallest absolute Gasteiger partial charge is 0.264 e. The highest BCUT2D eigenvalue weighted by atomic mass is 32.1. The van der Waals surface area contributed by atoms with Crippen LogP contribution in [0.25, 0.3) is 22.0 Å². The van der Waals surface area contributed by atoms with Gasteiger partial charge < -0.3 is 14.6 Å². The molecule has 138 valence electrons. The minimum atomic E-state index is -0.295. The summed E-state index contributed by atoms with van der Waals surface area (Å²) in [4.78, 5) is 31.9. The van der Waals surface area contributed by atoms with E-state index < -0.39 is 0 Å². The summed E-state index contributed by atoms with van der Waals surface area (Å²) in [5.74, 6) is 0.277. The molecule has 6 nitrogen and oxygen atoms in total. The van der Waals surface area contributed by atoms with E-state index in [9.17, 15) is 9.59 Å². The van der Waals surface area contributed by atoms with Gasteiger partial charge in [-0.3, -0.25) is 9.59 Å². The molecule has 0 spiro atoms. The van der Waals surface area contributed by atoms with Crippen LogP contribution in [0.15, 0.2) is 53.1 Å². The lowest BCUT2D eigenvalue weighted by Crippen LogP contribution is -2.38. The molecule has 4 rings (SSSR count). The van der Waals surface area contributed by atoms with Gasteiger partial charge in [0, 0.05) is 18.7 Å². The maximum Gasteiger partial charge on any atom is 0.264 e. The Bertz CT molecular complexity index is 929. The normalized spacial score (nSPS) is 13.7. The monoisotopic (exact) mass is 381 g/mol. The summed E-state index contributed by atoms with van der Waals surface area (Å²) in [6.45, 7) is 1.54. The lowest BCUT2D eigenvalue weighted by molar-refractivity contribution is -0.129. The molecule has 1 aromatic carbocycles. The lowest BCUT2D eigenvalue weighted by atomic mass is 10.1. The van der Waals surface area contributed by atoms with E-state index in [1.54, 1.807) is 17.2 Å². The number of thiazole rings is 1. The molecule has 2 aromatic heterocycles. The first-order valence-electron chi connectivity index (χ1n) is 8.88. The summed E-state index contributed by atoms with van der Waals surface area (Å²) in [6.07, 6.45) is 3.63. The predicted molar refractivity (Wildman–Crippen MR) is 103 cm³/mol. The molecule has 0 radical (unpaired) electrons. The fraction of sp³-hybridized carbons (Fsp3) is 0.250. The van der Waals surface area contributed by atoms with Crippen molar-refractivity contribution in [1.82, 2.24) is 15.2 Å². The second kappa shape index (κ2) is 7.75. The van der Waals surface area contributed by atoms with Gasteiger partial charge in [-0.2, -0.15) is 0 Å². The minimum Gasteiger partial charge on any atom is -0.462 e. The van der Waals surface area contributed by atoms with Crippen molar-refractivity contribution >= 4 is 23.2 Å². The van der Waals surface area contributed by atoms with Gasteiger partial charge in [0.25, 0.3) is 5.91 Å². The molecule has 1 N–H and O–H groups in total. The van der Waals surface area contributed by atoms with E-state index in [0.717, 1.165) is 31.5 Å². The Morgan fingerprint density at radius 3 is 2.59 bits per heavy atom. The highest BCUT2D eigenvalue weighted by Gasteiger charge is 2.23. The summed E-state index contributed by atoms with van der Waals surface area (Å²) < 4.78 is 5.42. The third-order valence-electron chi connectivity index (χ3n) is 4.47. The Morgan fingerprint density at radius 2 is 1.89 bits per heavy atom. The Morgan fingerprint density at radius 1 is 1.11 bits per heavy atom. The number of rotatable bonds is 5. The Labute approximate surface area is 160 Å². The highest BCUT2D eigenvalue weighted by molar-refractivity contribution is 7.17. The first-order valence-corrected chi connectivity index (χ1v) is 9.70. The van der Waals surface area contributed by atoms with E-state index in [4.69, 9.17) is 4.42 Å². The molecular weight excluding hydrogens is 362 g/mol. The zero-order chi connectivity index (χ0) is 18.6. The fourth-order valence-corrected chi connectivity index (χ4v) is 4.06. The summed E-state index contributed by atoms with van der Waals surface area (Å²) in [7, 11) is 0. The van der Waals surface area contributed by atoms with Gasteiger partial charge in [0.2, 0.25) is 5.91 Å². The van der Waals surface area contributed by atoms with Crippen molar-refractivity contribution in [3.63, 3.8) is 0 Å². The van der Waals surface area contributed by atoms with E-state index in [-0.39, 0.29) is 18.4 Å². The van der Waals surface area contributed by atoms with Crippen LogP contribution in [0, 0.1) is 0 Å². The molecular formula is C20H19N3O3S. The third kappa shape index (κ3) is 3.78. The number of furan rings is 1. The molecule has 0 aliphatic carbocycles. The number of amides is 2. The minimum absolute atomic E-state index is 0.00104. The van der Waals surface area contributed by atoms with Gasteiger partial charge in [-0.15, -0.1) is 11.3 Å². The largest absolute Gasteiger partial charge is 0.462 e. The third-order valence-corrected chi connectivity index (χ3v) is 5.54. The standard InChI is InChI=1S/C20H19N3O3S/c24-16(23-10-4-5-11-23)13-21-19(25)18-17(14-7-2-1-3-8-14)22-20(27-18)15-9-6-12-26-15/h1-3,6-9,12H,4-5,10-11,13H2,(H,21,25). The number of hydrogen-bond donors (Lipinski definition) is 1. The molecule has 1 saturated heterocycles. The van der Waals surface area contributed by atoms with Crippen LogP contribution in [0.1, 0.15) is 22.5 Å². The van der Waals surface area contributed by atoms with Gasteiger partial charge in [-0.25, -0.2) is 4.98 Å². The van der Waals surface area contributed by atoms with Crippen molar-refractivity contribution in [1.29, 1.82) is 0 Å². The molecule has 0 unspecified atom stereocenters. The van der Waals surface area contributed by atoms with Crippen LogP contribution >= 0.6 is 11.3 Å². The zero-order valence-corrected chi connectivity index (χ0v) is 15.5. The van der Waals surface area contributed by atoms with E-state index >= 15 is 0 Å². The van der Waals surface area contributed by atoms with Crippen molar-refractivity contribution in [2.45, 2.75) is 12.8 Å². The van der Waals surface area contributed by atoms with Gasteiger partial charge in [-0.05, 0) is 25.0 Å². The van der Waals surface area contributed by atoms with E-state index in [1.165, 1.54) is 11.3 Å². The van der Waals surface area contributed by atoms with Crippen molar-refractivity contribution in [2.75, 3.05) is 19.6 Å². The number of hydrogen-bond acceptors (Lipinski definition) is 5. The van der Waals surface area contributed by atoms with Crippen molar-refractivity contribution in [3.8, 4) is 22.0 Å². The number of likely N-dealkylation sites (tertiary alicyclic amines) is 1. The molecule has 1 aliphatic rings. The molecule has 27 heavy (non-hydrogen) atoms. The van der Waals surface area contributed by atoms with E-state index in [1.807, 2.05) is 36.4 Å². The van der Waals surface area contributed by atoms with Gasteiger partial charge >= 0.3 is 0 Å². The zero-order valence-electron chi connectivity index (χ0n) is 14.7. The number of benzene rings is 1. The number of aromatic nitrogens is 1. The molecule has 0 saturated carbocycles. The first kappa shape index (κ1) is 17.5. The maximum atomic E-state index is 12.8. The van der Waals surface area contributed by atoms with Crippen LogP contribution in [0.2, 0.25) is 0 Å². The topological polar surface area (TPSA) is 75.4 Å². The SMILES string of the molecule is O=C(NCC(=O)N1CCCC1)c1sc(-c2ccco2)nc1-c1ccccc1. The first-order chi connectivity index (χ1) is 13.2.